The first kappa shape index (κ1) is 18.2. The van der Waals surface area contributed by atoms with E-state index >= 15 is 0 Å². The van der Waals surface area contributed by atoms with Crippen molar-refractivity contribution in [2.75, 3.05) is 12.3 Å². The Hall–Kier alpha value is -0.880. The van der Waals surface area contributed by atoms with Crippen molar-refractivity contribution in [1.29, 1.82) is 0 Å². The maximum atomic E-state index is 12.3. The van der Waals surface area contributed by atoms with Crippen LogP contribution in [-0.2, 0) is 14.9 Å². The maximum Gasteiger partial charge on any atom is 0.266 e. The molecular formula is C15H27NO4S. The van der Waals surface area contributed by atoms with Crippen molar-refractivity contribution in [3.63, 3.8) is 0 Å². The fourth-order valence-corrected chi connectivity index (χ4v) is 3.03. The number of nitrogens with one attached hydrogen (secondary N) is 1. The molecule has 0 saturated carbocycles. The molecule has 0 radical (unpaired) electrons. The van der Waals surface area contributed by atoms with Gasteiger partial charge in [0.05, 0.1) is 5.75 Å². The van der Waals surface area contributed by atoms with Crippen LogP contribution in [0.2, 0.25) is 0 Å². The van der Waals surface area contributed by atoms with E-state index in [1.807, 2.05) is 6.92 Å². The molecule has 0 aromatic heterocycles. The average Bonchev–Trinajstić information content (AvgIpc) is 2.32. The van der Waals surface area contributed by atoms with E-state index < -0.39 is 21.3 Å². The molecule has 1 amide bonds. The summed E-state index contributed by atoms with van der Waals surface area (Å²) in [6.45, 7) is 6.25. The smallest absolute Gasteiger partial charge is 0.266 e. The standard InChI is InChI=1S/C15H27NO4S/c1-12(2)13-6-4-5-8-15(3,9-7-13)14(17)16-10-11-21(18,19)20/h4,6,12-13H,5,7-11H2,1-3H3,(H,16,17)(H,18,19,20)/b6-4+. The van der Waals surface area contributed by atoms with Crippen molar-refractivity contribution in [3.05, 3.63) is 12.2 Å². The summed E-state index contributed by atoms with van der Waals surface area (Å²) in [6.07, 6.45) is 7.75. The number of carbonyl (C=O) groups excluding carboxylic acids is 1. The number of rotatable bonds is 5. The molecule has 0 saturated heterocycles. The van der Waals surface area contributed by atoms with Gasteiger partial charge in [0.25, 0.3) is 10.1 Å². The van der Waals surface area contributed by atoms with Crippen LogP contribution in [0.4, 0.5) is 0 Å². The van der Waals surface area contributed by atoms with Crippen LogP contribution in [0.5, 0.6) is 0 Å². The molecule has 1 aliphatic carbocycles. The summed E-state index contributed by atoms with van der Waals surface area (Å²) in [5.74, 6) is 0.467. The molecule has 6 heteroatoms. The second-order valence-corrected chi connectivity index (χ2v) is 8.09. The zero-order valence-electron chi connectivity index (χ0n) is 13.1. The predicted molar refractivity (Wildman–Crippen MR) is 83.5 cm³/mol. The molecule has 2 unspecified atom stereocenters. The van der Waals surface area contributed by atoms with Gasteiger partial charge in [0, 0.05) is 12.0 Å². The molecule has 2 atom stereocenters. The van der Waals surface area contributed by atoms with Crippen molar-refractivity contribution in [2.24, 2.45) is 17.3 Å². The predicted octanol–water partition coefficient (Wildman–Crippen LogP) is 2.40. The summed E-state index contributed by atoms with van der Waals surface area (Å²) in [4.78, 5) is 12.3. The van der Waals surface area contributed by atoms with Crippen LogP contribution in [0.15, 0.2) is 12.2 Å². The van der Waals surface area contributed by atoms with Gasteiger partial charge in [0.15, 0.2) is 0 Å². The molecule has 2 N–H and O–H groups in total. The van der Waals surface area contributed by atoms with Crippen molar-refractivity contribution in [2.45, 2.75) is 46.5 Å². The first-order valence-corrected chi connectivity index (χ1v) is 9.15. The fourth-order valence-electron chi connectivity index (χ4n) is 2.67. The van der Waals surface area contributed by atoms with Crippen molar-refractivity contribution in [1.82, 2.24) is 5.32 Å². The summed E-state index contributed by atoms with van der Waals surface area (Å²) in [7, 11) is -4.03. The highest BCUT2D eigenvalue weighted by Gasteiger charge is 2.33. The largest absolute Gasteiger partial charge is 0.355 e. The molecule has 0 aromatic rings. The third-order valence-corrected chi connectivity index (χ3v) is 5.05. The molecule has 0 heterocycles. The second kappa shape index (κ2) is 7.40. The van der Waals surface area contributed by atoms with E-state index in [-0.39, 0.29) is 12.5 Å². The minimum absolute atomic E-state index is 0.0449. The number of allylic oxidation sites excluding steroid dienone is 2. The van der Waals surface area contributed by atoms with Crippen LogP contribution in [0.25, 0.3) is 0 Å². The first-order chi connectivity index (χ1) is 9.64. The molecule has 0 bridgehead atoms. The SMILES string of the molecule is CC(C)C1/C=C/CCC(C)(C(=O)NCCS(=O)(=O)O)CC1. The lowest BCUT2D eigenvalue weighted by atomic mass is 9.74. The molecular weight excluding hydrogens is 290 g/mol. The van der Waals surface area contributed by atoms with Crippen molar-refractivity contribution in [3.8, 4) is 0 Å². The number of hydrogen-bond donors (Lipinski definition) is 2. The Balaban J connectivity index is 2.62. The Morgan fingerprint density at radius 2 is 2.10 bits per heavy atom. The Bertz CT molecular complexity index is 484. The molecule has 1 rings (SSSR count). The van der Waals surface area contributed by atoms with Gasteiger partial charge >= 0.3 is 0 Å². The van der Waals surface area contributed by atoms with E-state index in [9.17, 15) is 13.2 Å². The molecule has 0 aromatic carbocycles. The highest BCUT2D eigenvalue weighted by molar-refractivity contribution is 7.85. The van der Waals surface area contributed by atoms with Crippen LogP contribution < -0.4 is 5.32 Å². The Morgan fingerprint density at radius 1 is 1.43 bits per heavy atom. The summed E-state index contributed by atoms with van der Waals surface area (Å²) in [6, 6.07) is 0. The lowest BCUT2D eigenvalue weighted by Crippen LogP contribution is -2.41. The number of amides is 1. The van der Waals surface area contributed by atoms with Crippen LogP contribution in [0.3, 0.4) is 0 Å². The highest BCUT2D eigenvalue weighted by Crippen LogP contribution is 2.35. The molecule has 21 heavy (non-hydrogen) atoms. The minimum atomic E-state index is -4.03. The number of carbonyl (C=O) groups is 1. The third-order valence-electron chi connectivity index (χ3n) is 4.33. The molecule has 0 aliphatic heterocycles. The molecule has 0 spiro atoms. The lowest BCUT2D eigenvalue weighted by Gasteiger charge is -2.32. The quantitative estimate of drug-likeness (QED) is 0.602. The summed E-state index contributed by atoms with van der Waals surface area (Å²) < 4.78 is 30.1. The van der Waals surface area contributed by atoms with Gasteiger partial charge in [-0.1, -0.05) is 32.9 Å². The van der Waals surface area contributed by atoms with Crippen molar-refractivity contribution >= 4 is 16.0 Å². The minimum Gasteiger partial charge on any atom is -0.355 e. The molecule has 0 fully saturated rings. The molecule has 122 valence electrons. The monoisotopic (exact) mass is 317 g/mol. The van der Waals surface area contributed by atoms with Gasteiger partial charge in [-0.25, -0.2) is 0 Å². The van der Waals surface area contributed by atoms with Gasteiger partial charge in [-0.05, 0) is 37.5 Å². The normalized spacial score (nSPS) is 28.7. The summed E-state index contributed by atoms with van der Waals surface area (Å²) >= 11 is 0. The van der Waals surface area contributed by atoms with Crippen LogP contribution in [0, 0.1) is 17.3 Å². The van der Waals surface area contributed by atoms with E-state index in [2.05, 4.69) is 31.3 Å². The van der Waals surface area contributed by atoms with E-state index in [4.69, 9.17) is 4.55 Å². The van der Waals surface area contributed by atoms with Crippen molar-refractivity contribution < 1.29 is 17.8 Å². The average molecular weight is 317 g/mol. The third kappa shape index (κ3) is 6.18. The summed E-state index contributed by atoms with van der Waals surface area (Å²) in [5.41, 5.74) is -0.475. The van der Waals surface area contributed by atoms with Crippen LogP contribution >= 0.6 is 0 Å². The molecule has 1 aliphatic rings. The van der Waals surface area contributed by atoms with Gasteiger partial charge in [0.2, 0.25) is 5.91 Å². The zero-order valence-corrected chi connectivity index (χ0v) is 13.9. The van der Waals surface area contributed by atoms with Gasteiger partial charge in [-0.2, -0.15) is 8.42 Å². The van der Waals surface area contributed by atoms with E-state index in [1.54, 1.807) is 0 Å². The zero-order chi connectivity index (χ0) is 16.1. The van der Waals surface area contributed by atoms with E-state index in [0.717, 1.165) is 25.7 Å². The van der Waals surface area contributed by atoms with Gasteiger partial charge in [0.1, 0.15) is 0 Å². The van der Waals surface area contributed by atoms with Gasteiger partial charge < -0.3 is 5.32 Å². The Kier molecular flexibility index (Phi) is 6.41. The Morgan fingerprint density at radius 3 is 2.67 bits per heavy atom. The number of hydrogen-bond acceptors (Lipinski definition) is 3. The fraction of sp³-hybridized carbons (Fsp3) is 0.800. The molecule has 5 nitrogen and oxygen atoms in total. The van der Waals surface area contributed by atoms with E-state index in [1.165, 1.54) is 0 Å². The second-order valence-electron chi connectivity index (χ2n) is 6.52. The van der Waals surface area contributed by atoms with Crippen LogP contribution in [0.1, 0.15) is 46.5 Å². The topological polar surface area (TPSA) is 83.5 Å². The first-order valence-electron chi connectivity index (χ1n) is 7.54. The Labute approximate surface area is 127 Å². The van der Waals surface area contributed by atoms with Gasteiger partial charge in [-0.15, -0.1) is 0 Å². The maximum absolute atomic E-state index is 12.3. The highest BCUT2D eigenvalue weighted by atomic mass is 32.2. The summed E-state index contributed by atoms with van der Waals surface area (Å²) in [5, 5.41) is 2.64. The van der Waals surface area contributed by atoms with E-state index in [0.29, 0.717) is 11.8 Å². The van der Waals surface area contributed by atoms with Gasteiger partial charge in [-0.3, -0.25) is 9.35 Å². The lowest BCUT2D eigenvalue weighted by molar-refractivity contribution is -0.131. The van der Waals surface area contributed by atoms with Crippen LogP contribution in [-0.4, -0.2) is 31.2 Å².